The highest BCUT2D eigenvalue weighted by Crippen LogP contribution is 2.24. The van der Waals surface area contributed by atoms with Gasteiger partial charge < -0.3 is 15.5 Å². The molecule has 0 spiro atoms. The Labute approximate surface area is 154 Å². The molecule has 1 saturated heterocycles. The zero-order valence-corrected chi connectivity index (χ0v) is 15.7. The summed E-state index contributed by atoms with van der Waals surface area (Å²) >= 11 is 0. The van der Waals surface area contributed by atoms with Gasteiger partial charge in [-0.05, 0) is 68.1 Å². The summed E-state index contributed by atoms with van der Waals surface area (Å²) < 4.78 is 0. The van der Waals surface area contributed by atoms with Crippen LogP contribution in [0.1, 0.15) is 28.7 Å². The van der Waals surface area contributed by atoms with Crippen LogP contribution in [0.5, 0.6) is 0 Å². The van der Waals surface area contributed by atoms with Gasteiger partial charge in [0.15, 0.2) is 0 Å². The second-order valence-corrected chi connectivity index (χ2v) is 7.02. The first-order valence-corrected chi connectivity index (χ1v) is 8.86. The Morgan fingerprint density at radius 3 is 2.54 bits per heavy atom. The molecule has 0 bridgehead atoms. The highest BCUT2D eigenvalue weighted by molar-refractivity contribution is 5.98. The van der Waals surface area contributed by atoms with Crippen LogP contribution in [-0.2, 0) is 4.79 Å². The van der Waals surface area contributed by atoms with E-state index in [0.717, 1.165) is 28.1 Å². The predicted octanol–water partition coefficient (Wildman–Crippen LogP) is 3.85. The smallest absolute Gasteiger partial charge is 0.319 e. The molecular formula is C21H25N3O2. The van der Waals surface area contributed by atoms with E-state index in [9.17, 15) is 9.59 Å². The number of carbonyl (C=O) groups is 2. The number of nitrogens with one attached hydrogen (secondary N) is 2. The van der Waals surface area contributed by atoms with Gasteiger partial charge in [-0.15, -0.1) is 0 Å². The molecule has 0 aromatic heterocycles. The van der Waals surface area contributed by atoms with Crippen molar-refractivity contribution >= 4 is 23.3 Å². The molecule has 5 heteroatoms. The molecule has 1 aliphatic heterocycles. The van der Waals surface area contributed by atoms with Crippen LogP contribution < -0.4 is 15.5 Å². The summed E-state index contributed by atoms with van der Waals surface area (Å²) in [6.07, 6.45) is 0.313. The molecule has 136 valence electrons. The number of aryl methyl sites for hydroxylation is 3. The summed E-state index contributed by atoms with van der Waals surface area (Å²) in [5, 5.41) is 5.80. The molecule has 2 N–H and O–H groups in total. The van der Waals surface area contributed by atoms with E-state index in [2.05, 4.69) is 10.6 Å². The molecule has 1 fully saturated rings. The number of hydrogen-bond acceptors (Lipinski definition) is 2. The second kappa shape index (κ2) is 7.20. The number of nitrogens with zero attached hydrogens (tertiary/aromatic N) is 1. The average Bonchev–Trinajstić information content (AvgIpc) is 2.94. The molecule has 0 aliphatic carbocycles. The van der Waals surface area contributed by atoms with Crippen molar-refractivity contribution in [2.75, 3.05) is 16.8 Å². The number of carbonyl (C=O) groups excluding carboxylic acids is 2. The molecule has 3 amide bonds. The molecular weight excluding hydrogens is 326 g/mol. The van der Waals surface area contributed by atoms with Gasteiger partial charge in [-0.2, -0.15) is 0 Å². The van der Waals surface area contributed by atoms with Crippen molar-refractivity contribution in [1.82, 2.24) is 5.32 Å². The lowest BCUT2D eigenvalue weighted by atomic mass is 10.1. The van der Waals surface area contributed by atoms with Gasteiger partial charge in [-0.3, -0.25) is 4.79 Å². The van der Waals surface area contributed by atoms with E-state index in [1.54, 1.807) is 4.90 Å². The second-order valence-electron chi connectivity index (χ2n) is 7.02. The minimum Gasteiger partial charge on any atom is -0.333 e. The van der Waals surface area contributed by atoms with Crippen molar-refractivity contribution in [3.8, 4) is 0 Å². The summed E-state index contributed by atoms with van der Waals surface area (Å²) in [5.74, 6) is 0.0327. The fourth-order valence-corrected chi connectivity index (χ4v) is 3.18. The van der Waals surface area contributed by atoms with Crippen molar-refractivity contribution < 1.29 is 9.59 Å². The van der Waals surface area contributed by atoms with Crippen molar-refractivity contribution in [1.29, 1.82) is 0 Å². The number of hydrogen-bond donors (Lipinski definition) is 2. The predicted molar refractivity (Wildman–Crippen MR) is 105 cm³/mol. The van der Waals surface area contributed by atoms with E-state index in [-0.39, 0.29) is 18.0 Å². The summed E-state index contributed by atoms with van der Waals surface area (Å²) in [6.45, 7) is 8.56. The first kappa shape index (κ1) is 18.0. The normalized spacial score (nSPS) is 16.7. The standard InChI is InChI=1S/C21H25N3O2/c1-13-8-9-18(10-15(13)3)24-12-17(11-20(24)25)22-21(26)23-19-7-5-6-14(2)16(19)4/h5-10,17H,11-12H2,1-4H3,(H2,22,23,26). The number of rotatable bonds is 3. The maximum Gasteiger partial charge on any atom is 0.319 e. The molecule has 26 heavy (non-hydrogen) atoms. The van der Waals surface area contributed by atoms with Crippen LogP contribution in [0.3, 0.4) is 0 Å². The zero-order valence-electron chi connectivity index (χ0n) is 15.7. The Kier molecular flexibility index (Phi) is 4.98. The number of amides is 3. The van der Waals surface area contributed by atoms with Gasteiger partial charge in [0.05, 0.1) is 6.04 Å². The third-order valence-electron chi connectivity index (χ3n) is 5.12. The molecule has 0 saturated carbocycles. The van der Waals surface area contributed by atoms with Gasteiger partial charge in [0.2, 0.25) is 5.91 Å². The molecule has 2 aromatic carbocycles. The SMILES string of the molecule is Cc1ccc(N2CC(NC(=O)Nc3cccc(C)c3C)CC2=O)cc1C. The molecule has 1 unspecified atom stereocenters. The topological polar surface area (TPSA) is 61.4 Å². The monoisotopic (exact) mass is 351 g/mol. The fourth-order valence-electron chi connectivity index (χ4n) is 3.18. The van der Waals surface area contributed by atoms with Crippen LogP contribution in [0.2, 0.25) is 0 Å². The number of anilines is 2. The lowest BCUT2D eigenvalue weighted by Gasteiger charge is -2.19. The third kappa shape index (κ3) is 3.72. The Bertz CT molecular complexity index is 860. The quantitative estimate of drug-likeness (QED) is 0.882. The van der Waals surface area contributed by atoms with Crippen LogP contribution in [0, 0.1) is 27.7 Å². The average molecular weight is 351 g/mol. The first-order chi connectivity index (χ1) is 12.3. The number of benzene rings is 2. The molecule has 5 nitrogen and oxygen atoms in total. The molecule has 1 heterocycles. The molecule has 3 rings (SSSR count). The van der Waals surface area contributed by atoms with Crippen molar-refractivity contribution in [2.45, 2.75) is 40.2 Å². The Balaban J connectivity index is 1.64. The first-order valence-electron chi connectivity index (χ1n) is 8.86. The van der Waals surface area contributed by atoms with Gasteiger partial charge in [0, 0.05) is 24.3 Å². The lowest BCUT2D eigenvalue weighted by molar-refractivity contribution is -0.117. The summed E-state index contributed by atoms with van der Waals surface area (Å²) in [5.41, 5.74) is 6.19. The summed E-state index contributed by atoms with van der Waals surface area (Å²) in [4.78, 5) is 26.4. The lowest BCUT2D eigenvalue weighted by Crippen LogP contribution is -2.39. The molecule has 2 aromatic rings. The number of urea groups is 1. The van der Waals surface area contributed by atoms with Gasteiger partial charge in [0.25, 0.3) is 0 Å². The van der Waals surface area contributed by atoms with Crippen molar-refractivity contribution in [3.63, 3.8) is 0 Å². The Hall–Kier alpha value is -2.82. The Morgan fingerprint density at radius 2 is 1.81 bits per heavy atom. The van der Waals surface area contributed by atoms with Gasteiger partial charge in [-0.25, -0.2) is 4.79 Å². The maximum absolute atomic E-state index is 12.4. The third-order valence-corrected chi connectivity index (χ3v) is 5.12. The van der Waals surface area contributed by atoms with Gasteiger partial charge in [0.1, 0.15) is 0 Å². The van der Waals surface area contributed by atoms with E-state index in [0.29, 0.717) is 13.0 Å². The summed E-state index contributed by atoms with van der Waals surface area (Å²) in [6, 6.07) is 11.3. The minimum atomic E-state index is -0.279. The van der Waals surface area contributed by atoms with E-state index in [1.165, 1.54) is 5.56 Å². The van der Waals surface area contributed by atoms with Crippen molar-refractivity contribution in [3.05, 3.63) is 58.7 Å². The molecule has 0 radical (unpaired) electrons. The molecule has 1 atom stereocenters. The van der Waals surface area contributed by atoms with E-state index >= 15 is 0 Å². The van der Waals surface area contributed by atoms with Crippen LogP contribution in [-0.4, -0.2) is 24.5 Å². The van der Waals surface area contributed by atoms with Crippen LogP contribution in [0.4, 0.5) is 16.2 Å². The summed E-state index contributed by atoms with van der Waals surface area (Å²) in [7, 11) is 0. The molecule has 1 aliphatic rings. The van der Waals surface area contributed by atoms with Crippen LogP contribution >= 0.6 is 0 Å². The van der Waals surface area contributed by atoms with Gasteiger partial charge in [-0.1, -0.05) is 18.2 Å². The largest absolute Gasteiger partial charge is 0.333 e. The van der Waals surface area contributed by atoms with E-state index in [4.69, 9.17) is 0 Å². The highest BCUT2D eigenvalue weighted by Gasteiger charge is 2.31. The van der Waals surface area contributed by atoms with E-state index in [1.807, 2.05) is 64.1 Å². The zero-order chi connectivity index (χ0) is 18.8. The van der Waals surface area contributed by atoms with Gasteiger partial charge >= 0.3 is 6.03 Å². The maximum atomic E-state index is 12.4. The fraction of sp³-hybridized carbons (Fsp3) is 0.333. The van der Waals surface area contributed by atoms with Crippen molar-refractivity contribution in [2.24, 2.45) is 0 Å². The van der Waals surface area contributed by atoms with Crippen LogP contribution in [0.25, 0.3) is 0 Å². The Morgan fingerprint density at radius 1 is 1.04 bits per heavy atom. The van der Waals surface area contributed by atoms with Crippen LogP contribution in [0.15, 0.2) is 36.4 Å². The minimum absolute atomic E-state index is 0.0327. The highest BCUT2D eigenvalue weighted by atomic mass is 16.2. The van der Waals surface area contributed by atoms with E-state index < -0.39 is 0 Å².